The number of anilines is 3. The van der Waals surface area contributed by atoms with E-state index >= 15 is 0 Å². The second-order valence-corrected chi connectivity index (χ2v) is 9.69. The average molecular weight is 474 g/mol. The Kier molecular flexibility index (Phi) is 6.25. The van der Waals surface area contributed by atoms with Crippen LogP contribution in [-0.2, 0) is 18.0 Å². The molecule has 1 fully saturated rings. The van der Waals surface area contributed by atoms with E-state index in [0.29, 0.717) is 6.42 Å². The van der Waals surface area contributed by atoms with Crippen LogP contribution in [0, 0.1) is 25.5 Å². The molecule has 3 aromatic rings. The fourth-order valence-electron chi connectivity index (χ4n) is 3.84. The van der Waals surface area contributed by atoms with Crippen molar-refractivity contribution >= 4 is 28.2 Å². The minimum absolute atomic E-state index is 0.0442. The molecule has 1 aliphatic carbocycles. The third-order valence-electron chi connectivity index (χ3n) is 5.70. The molecule has 0 saturated heterocycles. The van der Waals surface area contributed by atoms with E-state index in [9.17, 15) is 17.8 Å². The molecule has 3 atom stereocenters. The SMILES string of the molecule is COc1cc(=O)n(C)c(Nc2ccc(C)cc2F)c1NS(=O)C1CC1c1cc(C)cc(F)c1. The Hall–Kier alpha value is -3.20. The van der Waals surface area contributed by atoms with Gasteiger partial charge in [0.25, 0.3) is 5.56 Å². The molecule has 1 saturated carbocycles. The van der Waals surface area contributed by atoms with Gasteiger partial charge in [0.1, 0.15) is 34.1 Å². The molecule has 0 amide bonds. The number of aromatic nitrogens is 1. The van der Waals surface area contributed by atoms with Gasteiger partial charge in [0, 0.05) is 19.0 Å². The van der Waals surface area contributed by atoms with Crippen molar-refractivity contribution in [3.63, 3.8) is 0 Å². The molecule has 33 heavy (non-hydrogen) atoms. The van der Waals surface area contributed by atoms with Gasteiger partial charge in [0.2, 0.25) is 0 Å². The van der Waals surface area contributed by atoms with Gasteiger partial charge in [0.15, 0.2) is 5.75 Å². The van der Waals surface area contributed by atoms with Crippen molar-refractivity contribution < 1.29 is 17.7 Å². The summed E-state index contributed by atoms with van der Waals surface area (Å²) >= 11 is 0. The van der Waals surface area contributed by atoms with Crippen LogP contribution in [0.25, 0.3) is 0 Å². The highest BCUT2D eigenvalue weighted by molar-refractivity contribution is 7.87. The molecular weight excluding hydrogens is 448 g/mol. The molecule has 1 heterocycles. The monoisotopic (exact) mass is 473 g/mol. The summed E-state index contributed by atoms with van der Waals surface area (Å²) < 4.78 is 51.1. The Bertz CT molecular complexity index is 1290. The molecule has 2 aromatic carbocycles. The van der Waals surface area contributed by atoms with E-state index in [1.165, 1.54) is 43.0 Å². The first kappa shape index (κ1) is 23.0. The van der Waals surface area contributed by atoms with Crippen LogP contribution in [-0.4, -0.2) is 21.1 Å². The van der Waals surface area contributed by atoms with Crippen molar-refractivity contribution in [2.45, 2.75) is 31.4 Å². The molecule has 3 unspecified atom stereocenters. The molecule has 6 nitrogen and oxygen atoms in total. The van der Waals surface area contributed by atoms with E-state index in [0.717, 1.165) is 16.7 Å². The summed E-state index contributed by atoms with van der Waals surface area (Å²) in [6.45, 7) is 3.59. The first-order valence-corrected chi connectivity index (χ1v) is 11.6. The van der Waals surface area contributed by atoms with Gasteiger partial charge in [-0.2, -0.15) is 0 Å². The number of halogens is 2. The van der Waals surface area contributed by atoms with Gasteiger partial charge in [-0.15, -0.1) is 0 Å². The highest BCUT2D eigenvalue weighted by Crippen LogP contribution is 2.46. The first-order chi connectivity index (χ1) is 15.7. The molecule has 1 aromatic heterocycles. The van der Waals surface area contributed by atoms with E-state index in [-0.39, 0.29) is 45.5 Å². The summed E-state index contributed by atoms with van der Waals surface area (Å²) in [4.78, 5) is 12.4. The van der Waals surface area contributed by atoms with E-state index in [1.807, 2.05) is 13.0 Å². The van der Waals surface area contributed by atoms with Crippen molar-refractivity contribution in [3.05, 3.63) is 81.1 Å². The van der Waals surface area contributed by atoms with Gasteiger partial charge in [-0.3, -0.25) is 14.1 Å². The first-order valence-electron chi connectivity index (χ1n) is 10.4. The second-order valence-electron chi connectivity index (χ2n) is 8.28. The molecule has 0 bridgehead atoms. The van der Waals surface area contributed by atoms with Crippen LogP contribution < -0.4 is 20.3 Å². The van der Waals surface area contributed by atoms with Crippen LogP contribution in [0.2, 0.25) is 0 Å². The summed E-state index contributed by atoms with van der Waals surface area (Å²) in [6, 6.07) is 10.8. The van der Waals surface area contributed by atoms with Gasteiger partial charge in [-0.1, -0.05) is 12.1 Å². The third kappa shape index (κ3) is 4.78. The Balaban J connectivity index is 1.65. The van der Waals surface area contributed by atoms with Gasteiger partial charge < -0.3 is 10.1 Å². The maximum Gasteiger partial charge on any atom is 0.255 e. The number of nitrogens with one attached hydrogen (secondary N) is 2. The highest BCUT2D eigenvalue weighted by Gasteiger charge is 2.44. The summed E-state index contributed by atoms with van der Waals surface area (Å²) in [7, 11) is 1.36. The zero-order valence-electron chi connectivity index (χ0n) is 18.7. The van der Waals surface area contributed by atoms with Crippen LogP contribution in [0.1, 0.15) is 29.0 Å². The lowest BCUT2D eigenvalue weighted by Gasteiger charge is -2.20. The zero-order chi connectivity index (χ0) is 23.9. The maximum absolute atomic E-state index is 14.5. The standard InChI is InChI=1S/C24H25F2N3O3S/c1-13-5-6-19(18(26)9-13)27-24-23(20(32-4)12-22(30)29(24)3)28-33(31)21-11-17(21)15-7-14(2)8-16(25)10-15/h5-10,12,17,21,27-28H,11H2,1-4H3. The lowest BCUT2D eigenvalue weighted by Crippen LogP contribution is -2.22. The summed E-state index contributed by atoms with van der Waals surface area (Å²) in [6.07, 6.45) is 0.631. The Labute approximate surface area is 193 Å². The largest absolute Gasteiger partial charge is 0.494 e. The van der Waals surface area contributed by atoms with Gasteiger partial charge >= 0.3 is 0 Å². The molecule has 174 valence electrons. The minimum atomic E-state index is -1.56. The summed E-state index contributed by atoms with van der Waals surface area (Å²) in [5.41, 5.74) is 2.43. The lowest BCUT2D eigenvalue weighted by molar-refractivity contribution is 0.415. The minimum Gasteiger partial charge on any atom is -0.494 e. The number of ether oxygens (including phenoxy) is 1. The normalized spacial score (nSPS) is 18.0. The highest BCUT2D eigenvalue weighted by atomic mass is 32.2. The van der Waals surface area contributed by atoms with Crippen LogP contribution in [0.5, 0.6) is 5.75 Å². The fourth-order valence-corrected chi connectivity index (χ4v) is 5.23. The molecule has 0 radical (unpaired) electrons. The Morgan fingerprint density at radius 2 is 1.85 bits per heavy atom. The molecule has 4 rings (SSSR count). The van der Waals surface area contributed by atoms with Crippen molar-refractivity contribution in [1.82, 2.24) is 4.57 Å². The number of benzene rings is 2. The smallest absolute Gasteiger partial charge is 0.255 e. The number of hydrogen-bond acceptors (Lipinski definition) is 4. The van der Waals surface area contributed by atoms with Crippen molar-refractivity contribution in [1.29, 1.82) is 0 Å². The zero-order valence-corrected chi connectivity index (χ0v) is 19.6. The van der Waals surface area contributed by atoms with E-state index in [2.05, 4.69) is 10.0 Å². The topological polar surface area (TPSA) is 72.4 Å². The molecule has 2 N–H and O–H groups in total. The second kappa shape index (κ2) is 8.97. The van der Waals surface area contributed by atoms with Crippen LogP contribution in [0.3, 0.4) is 0 Å². The van der Waals surface area contributed by atoms with E-state index < -0.39 is 16.8 Å². The summed E-state index contributed by atoms with van der Waals surface area (Å²) in [5, 5.41) is 2.70. The predicted octanol–water partition coefficient (Wildman–Crippen LogP) is 4.66. The average Bonchev–Trinajstić information content (AvgIpc) is 3.55. The molecule has 0 aliphatic heterocycles. The van der Waals surface area contributed by atoms with Crippen molar-refractivity contribution in [3.8, 4) is 5.75 Å². The van der Waals surface area contributed by atoms with E-state index in [1.54, 1.807) is 19.1 Å². The predicted molar refractivity (Wildman–Crippen MR) is 127 cm³/mol. The van der Waals surface area contributed by atoms with Gasteiger partial charge in [-0.25, -0.2) is 13.0 Å². The Morgan fingerprint density at radius 1 is 1.09 bits per heavy atom. The summed E-state index contributed by atoms with van der Waals surface area (Å²) in [5.74, 6) is -0.450. The van der Waals surface area contributed by atoms with Gasteiger partial charge in [-0.05, 0) is 61.2 Å². The van der Waals surface area contributed by atoms with Crippen LogP contribution in [0.4, 0.5) is 26.0 Å². The number of hydrogen-bond donors (Lipinski definition) is 2. The Morgan fingerprint density at radius 3 is 2.52 bits per heavy atom. The van der Waals surface area contributed by atoms with Crippen molar-refractivity contribution in [2.75, 3.05) is 17.1 Å². The number of methoxy groups -OCH3 is 1. The maximum atomic E-state index is 14.5. The molecule has 9 heteroatoms. The third-order valence-corrected chi connectivity index (χ3v) is 7.18. The van der Waals surface area contributed by atoms with Crippen LogP contribution >= 0.6 is 0 Å². The van der Waals surface area contributed by atoms with Crippen LogP contribution in [0.15, 0.2) is 47.3 Å². The number of pyridine rings is 1. The quantitative estimate of drug-likeness (QED) is 0.523. The molecular formula is C24H25F2N3O3S. The molecule has 0 spiro atoms. The van der Waals surface area contributed by atoms with E-state index in [4.69, 9.17) is 4.74 Å². The van der Waals surface area contributed by atoms with Crippen molar-refractivity contribution in [2.24, 2.45) is 7.05 Å². The lowest BCUT2D eigenvalue weighted by atomic mass is 10.1. The number of rotatable bonds is 7. The van der Waals surface area contributed by atoms with Gasteiger partial charge in [0.05, 0.1) is 18.0 Å². The fraction of sp³-hybridized carbons (Fsp3) is 0.292. The molecule has 1 aliphatic rings. The number of nitrogens with zero attached hydrogens (tertiary/aromatic N) is 1. The number of aryl methyl sites for hydroxylation is 2.